The molecule has 0 aliphatic carbocycles. The van der Waals surface area contributed by atoms with E-state index in [0.717, 1.165) is 63.9 Å². The smallest absolute Gasteiger partial charge is 0.263 e. The molecule has 0 spiro atoms. The van der Waals surface area contributed by atoms with Gasteiger partial charge in [-0.15, -0.1) is 11.3 Å². The normalized spacial score (nSPS) is 19.2. The number of hydrogen-bond donors (Lipinski definition) is 4. The molecular formula is C41H40FN9O4S. The molecule has 2 atom stereocenters. The zero-order chi connectivity index (χ0) is 38.8. The van der Waals surface area contributed by atoms with E-state index < -0.39 is 17.6 Å². The van der Waals surface area contributed by atoms with Crippen LogP contribution in [0.4, 0.5) is 15.8 Å². The maximum absolute atomic E-state index is 16.5. The average Bonchev–Trinajstić information content (AvgIpc) is 3.69. The monoisotopic (exact) mass is 773 g/mol. The molecule has 2 fully saturated rings. The van der Waals surface area contributed by atoms with Crippen molar-refractivity contribution in [2.24, 2.45) is 12.8 Å². The molecule has 6 aromatic rings. The van der Waals surface area contributed by atoms with Crippen molar-refractivity contribution in [3.05, 3.63) is 82.1 Å². The first-order valence-corrected chi connectivity index (χ1v) is 19.7. The average molecular weight is 774 g/mol. The van der Waals surface area contributed by atoms with Gasteiger partial charge in [-0.05, 0) is 74.4 Å². The van der Waals surface area contributed by atoms with Gasteiger partial charge in [0.2, 0.25) is 17.7 Å². The summed E-state index contributed by atoms with van der Waals surface area (Å²) < 4.78 is 19.3. The number of hydrogen-bond acceptors (Lipinski definition) is 10. The van der Waals surface area contributed by atoms with Crippen molar-refractivity contribution in [2.75, 3.05) is 49.5 Å². The fourth-order valence-electron chi connectivity index (χ4n) is 8.35. The maximum atomic E-state index is 16.5. The largest absolute Gasteiger partial charge is 0.381 e. The summed E-state index contributed by atoms with van der Waals surface area (Å²) in [5.41, 5.74) is 11.0. The molecule has 2 saturated heterocycles. The van der Waals surface area contributed by atoms with E-state index in [2.05, 4.69) is 36.9 Å². The van der Waals surface area contributed by atoms with Gasteiger partial charge in [0.05, 0.1) is 34.0 Å². The van der Waals surface area contributed by atoms with Crippen molar-refractivity contribution in [3.8, 4) is 11.3 Å². The summed E-state index contributed by atoms with van der Waals surface area (Å²) in [6.07, 6.45) is 1.03. The Morgan fingerprint density at radius 2 is 1.82 bits per heavy atom. The molecule has 286 valence electrons. The van der Waals surface area contributed by atoms with Crippen molar-refractivity contribution in [3.63, 3.8) is 0 Å². The molecule has 13 nitrogen and oxygen atoms in total. The van der Waals surface area contributed by atoms with E-state index in [1.165, 1.54) is 11.3 Å². The van der Waals surface area contributed by atoms with Crippen LogP contribution in [-0.2, 0) is 23.1 Å². The number of amides is 4. The molecule has 6 heterocycles. The van der Waals surface area contributed by atoms with Gasteiger partial charge in [-0.25, -0.2) is 9.37 Å². The molecule has 0 bridgehead atoms. The summed E-state index contributed by atoms with van der Waals surface area (Å²) in [6.45, 7) is 6.06. The van der Waals surface area contributed by atoms with Gasteiger partial charge in [0, 0.05) is 102 Å². The third-order valence-electron chi connectivity index (χ3n) is 11.3. The van der Waals surface area contributed by atoms with Crippen LogP contribution in [0, 0.1) is 5.82 Å². The number of benzene rings is 3. The molecule has 3 aliphatic heterocycles. The summed E-state index contributed by atoms with van der Waals surface area (Å²) in [6, 6.07) is 16.8. The molecule has 4 amide bonds. The number of pyridine rings is 1. The second-order valence-corrected chi connectivity index (χ2v) is 15.9. The summed E-state index contributed by atoms with van der Waals surface area (Å²) in [5, 5.41) is 16.2. The highest BCUT2D eigenvalue weighted by Gasteiger charge is 2.32. The number of piperazine rings is 1. The lowest BCUT2D eigenvalue weighted by molar-refractivity contribution is -0.134. The van der Waals surface area contributed by atoms with Crippen LogP contribution in [0.1, 0.15) is 57.0 Å². The van der Waals surface area contributed by atoms with Crippen LogP contribution < -0.4 is 26.6 Å². The van der Waals surface area contributed by atoms with Crippen LogP contribution in [0.25, 0.3) is 43.1 Å². The molecule has 15 heteroatoms. The molecule has 9 rings (SSSR count). The number of rotatable bonds is 7. The summed E-state index contributed by atoms with van der Waals surface area (Å²) in [7, 11) is 1.86. The van der Waals surface area contributed by atoms with Gasteiger partial charge in [-0.1, -0.05) is 0 Å². The minimum atomic E-state index is -0.681. The third-order valence-corrected chi connectivity index (χ3v) is 12.5. The number of nitrogens with two attached hydrogens (primary N) is 1. The Morgan fingerprint density at radius 1 is 1.02 bits per heavy atom. The topological polar surface area (TPSA) is 168 Å². The lowest BCUT2D eigenvalue weighted by Crippen LogP contribution is -2.47. The molecule has 0 saturated carbocycles. The molecule has 5 N–H and O–H groups in total. The zero-order valence-corrected chi connectivity index (χ0v) is 31.8. The molecule has 56 heavy (non-hydrogen) atoms. The van der Waals surface area contributed by atoms with Gasteiger partial charge < -0.3 is 21.3 Å². The summed E-state index contributed by atoms with van der Waals surface area (Å²) in [4.78, 5) is 59.7. The van der Waals surface area contributed by atoms with Crippen LogP contribution in [0.3, 0.4) is 0 Å². The SMILES string of the molecule is C[C@@H]1CNc2c(sc3ccc4nc(-c5ccc(C(N)=O)c(CCN6CCN(c7ccc8c(C9CCC(=O)NC9=O)nn(C)c8c7)CC6)c5F)ccc4c23)C(=O)N1. The first-order valence-electron chi connectivity index (χ1n) is 18.8. The number of carbonyl (C=O) groups is 4. The Hall–Kier alpha value is -5.93. The summed E-state index contributed by atoms with van der Waals surface area (Å²) >= 11 is 1.43. The number of aromatic nitrogens is 3. The second-order valence-electron chi connectivity index (χ2n) is 14.9. The Morgan fingerprint density at radius 3 is 2.61 bits per heavy atom. The number of nitrogens with one attached hydrogen (secondary N) is 3. The number of fused-ring (bicyclic) bond motifs is 6. The van der Waals surface area contributed by atoms with Crippen LogP contribution in [0.15, 0.2) is 54.6 Å². The van der Waals surface area contributed by atoms with Crippen LogP contribution in [0.5, 0.6) is 0 Å². The predicted molar refractivity (Wildman–Crippen MR) is 215 cm³/mol. The van der Waals surface area contributed by atoms with Crippen LogP contribution in [0.2, 0.25) is 0 Å². The standard InChI is InChI=1S/C41H40FN9O4S/c1-21-20-44-37-34-25-7-9-30(46-29(25)10-11-32(34)56-38(37)41(55)45-21)26-6-5-24(39(43)53)23(35(26)42)13-14-50-15-17-51(18-16-50)22-3-4-27-31(19-22)49(2)48-36(27)28-8-12-33(52)47-40(28)54/h3-7,9-11,19,21,28,44H,8,12-18,20H2,1-2H3,(H2,43,53)(H,45,55)(H,47,52,54)/t21-,28?/m1/s1. The number of aryl methyl sites for hydroxylation is 1. The minimum absolute atomic E-state index is 0.0134. The Kier molecular flexibility index (Phi) is 8.92. The molecule has 3 aliphatic rings. The summed E-state index contributed by atoms with van der Waals surface area (Å²) in [5.74, 6) is -2.31. The highest BCUT2D eigenvalue weighted by atomic mass is 32.1. The van der Waals surface area contributed by atoms with Crippen LogP contribution in [-0.4, -0.2) is 88.6 Å². The van der Waals surface area contributed by atoms with Crippen molar-refractivity contribution in [1.82, 2.24) is 30.3 Å². The number of imide groups is 1. The number of primary amides is 1. The van der Waals surface area contributed by atoms with E-state index >= 15 is 4.39 Å². The quantitative estimate of drug-likeness (QED) is 0.169. The van der Waals surface area contributed by atoms with Crippen molar-refractivity contribution < 1.29 is 23.6 Å². The highest BCUT2D eigenvalue weighted by Crippen LogP contribution is 2.41. The first-order chi connectivity index (χ1) is 27.0. The van der Waals surface area contributed by atoms with Gasteiger partial charge in [0.15, 0.2) is 0 Å². The van der Waals surface area contributed by atoms with E-state index in [0.29, 0.717) is 59.7 Å². The van der Waals surface area contributed by atoms with E-state index in [-0.39, 0.29) is 34.9 Å². The first kappa shape index (κ1) is 35.8. The lowest BCUT2D eigenvalue weighted by Gasteiger charge is -2.36. The molecule has 1 unspecified atom stereocenters. The Bertz CT molecular complexity index is 2630. The lowest BCUT2D eigenvalue weighted by atomic mass is 9.93. The van der Waals surface area contributed by atoms with Gasteiger partial charge in [0.25, 0.3) is 5.91 Å². The number of anilines is 2. The van der Waals surface area contributed by atoms with Gasteiger partial charge in [-0.3, -0.25) is 34.1 Å². The predicted octanol–water partition coefficient (Wildman–Crippen LogP) is 4.67. The van der Waals surface area contributed by atoms with Crippen LogP contribution >= 0.6 is 11.3 Å². The van der Waals surface area contributed by atoms with Gasteiger partial charge in [0.1, 0.15) is 10.7 Å². The highest BCUT2D eigenvalue weighted by molar-refractivity contribution is 7.21. The molecule has 3 aromatic carbocycles. The second kappa shape index (κ2) is 14.0. The number of nitrogens with zero attached hydrogens (tertiary/aromatic N) is 5. The molecule has 0 radical (unpaired) electrons. The van der Waals surface area contributed by atoms with E-state index in [1.54, 1.807) is 22.9 Å². The van der Waals surface area contributed by atoms with E-state index in [1.807, 2.05) is 44.3 Å². The van der Waals surface area contributed by atoms with E-state index in [9.17, 15) is 19.2 Å². The Balaban J connectivity index is 0.917. The molecular weight excluding hydrogens is 734 g/mol. The fourth-order valence-corrected chi connectivity index (χ4v) is 9.45. The maximum Gasteiger partial charge on any atom is 0.263 e. The number of halogens is 1. The fraction of sp³-hybridized carbons (Fsp3) is 0.317. The van der Waals surface area contributed by atoms with Crippen molar-refractivity contribution >= 4 is 78.2 Å². The minimum Gasteiger partial charge on any atom is -0.381 e. The molecule has 3 aromatic heterocycles. The Labute approximate surface area is 325 Å². The van der Waals surface area contributed by atoms with E-state index in [4.69, 9.17) is 10.7 Å². The van der Waals surface area contributed by atoms with Gasteiger partial charge >= 0.3 is 0 Å². The number of thiophene rings is 1. The van der Waals surface area contributed by atoms with Crippen molar-refractivity contribution in [2.45, 2.75) is 38.1 Å². The third kappa shape index (κ3) is 6.20. The number of piperidine rings is 1. The number of carbonyl (C=O) groups excluding carboxylic acids is 4. The zero-order valence-electron chi connectivity index (χ0n) is 30.9. The van der Waals surface area contributed by atoms with Gasteiger partial charge in [-0.2, -0.15) is 5.10 Å². The van der Waals surface area contributed by atoms with Crippen molar-refractivity contribution in [1.29, 1.82) is 0 Å².